The summed E-state index contributed by atoms with van der Waals surface area (Å²) in [6.45, 7) is 2.58. The van der Waals surface area contributed by atoms with Crippen molar-refractivity contribution in [3.8, 4) is 5.75 Å². The third-order valence-electron chi connectivity index (χ3n) is 3.34. The van der Waals surface area contributed by atoms with Gasteiger partial charge in [0.25, 0.3) is 10.2 Å². The Morgan fingerprint density at radius 3 is 2.65 bits per heavy atom. The van der Waals surface area contributed by atoms with Crippen molar-refractivity contribution in [3.05, 3.63) is 18.2 Å². The Morgan fingerprint density at radius 1 is 1.35 bits per heavy atom. The van der Waals surface area contributed by atoms with Crippen LogP contribution in [0.4, 0.5) is 11.4 Å². The Labute approximate surface area is 137 Å². The first-order valence-electron chi connectivity index (χ1n) is 7.25. The summed E-state index contributed by atoms with van der Waals surface area (Å²) < 4.78 is 59.0. The van der Waals surface area contributed by atoms with Gasteiger partial charge in [-0.3, -0.25) is 9.03 Å². The van der Waals surface area contributed by atoms with Crippen LogP contribution >= 0.6 is 0 Å². The van der Waals surface area contributed by atoms with Crippen molar-refractivity contribution < 1.29 is 21.6 Å². The van der Waals surface area contributed by atoms with Crippen molar-refractivity contribution in [2.45, 2.75) is 19.8 Å². The Balaban J connectivity index is 2.27. The van der Waals surface area contributed by atoms with Crippen LogP contribution in [0.15, 0.2) is 18.2 Å². The molecule has 1 aromatic rings. The average molecular weight is 363 g/mol. The van der Waals surface area contributed by atoms with Crippen molar-refractivity contribution in [3.63, 3.8) is 0 Å². The molecule has 23 heavy (non-hydrogen) atoms. The predicted octanol–water partition coefficient (Wildman–Crippen LogP) is 0.891. The van der Waals surface area contributed by atoms with Crippen molar-refractivity contribution in [1.29, 1.82) is 0 Å². The van der Waals surface area contributed by atoms with Gasteiger partial charge in [0.15, 0.2) is 0 Å². The van der Waals surface area contributed by atoms with Crippen LogP contribution in [-0.2, 0) is 20.2 Å². The highest BCUT2D eigenvalue weighted by atomic mass is 32.2. The molecule has 1 aliphatic rings. The first-order valence-corrected chi connectivity index (χ1v) is 10.3. The number of hydrogen-bond acceptors (Lipinski definition) is 5. The second kappa shape index (κ2) is 6.93. The lowest BCUT2D eigenvalue weighted by molar-refractivity contribution is 0.416. The molecule has 8 nitrogen and oxygen atoms in total. The van der Waals surface area contributed by atoms with E-state index in [4.69, 9.17) is 4.74 Å². The normalized spacial score (nSPS) is 17.2. The molecule has 1 saturated heterocycles. The summed E-state index contributed by atoms with van der Waals surface area (Å²) in [5, 5.41) is 0. The molecule has 10 heteroatoms. The predicted molar refractivity (Wildman–Crippen MR) is 89.6 cm³/mol. The van der Waals surface area contributed by atoms with Gasteiger partial charge in [-0.25, -0.2) is 8.42 Å². The number of methoxy groups -OCH3 is 1. The lowest BCUT2D eigenvalue weighted by atomic mass is 10.2. The molecule has 0 unspecified atom stereocenters. The molecule has 0 saturated carbocycles. The van der Waals surface area contributed by atoms with Crippen LogP contribution in [0.1, 0.15) is 19.8 Å². The van der Waals surface area contributed by atoms with Gasteiger partial charge in [0.05, 0.1) is 24.2 Å². The van der Waals surface area contributed by atoms with Crippen LogP contribution in [0.5, 0.6) is 5.75 Å². The maximum atomic E-state index is 12.0. The molecular formula is C13H21N3O5S2. The zero-order valence-electron chi connectivity index (χ0n) is 13.1. The fourth-order valence-corrected chi connectivity index (χ4v) is 4.84. The second-order valence-corrected chi connectivity index (χ2v) is 8.64. The van der Waals surface area contributed by atoms with Gasteiger partial charge in [-0.1, -0.05) is 6.92 Å². The molecule has 1 heterocycles. The smallest absolute Gasteiger partial charge is 0.299 e. The second-order valence-electron chi connectivity index (χ2n) is 5.13. The summed E-state index contributed by atoms with van der Waals surface area (Å²) in [4.78, 5) is 0. The average Bonchev–Trinajstić information content (AvgIpc) is 2.84. The lowest BCUT2D eigenvalue weighted by Crippen LogP contribution is -2.30. The highest BCUT2D eigenvalue weighted by Crippen LogP contribution is 2.35. The number of hydrogen-bond donors (Lipinski definition) is 2. The standard InChI is InChI=1S/C13H21N3O5S2/c1-3-7-14-23(19,20)15-11-5-6-12(13(10-11)21-2)16-8-4-9-22(16,17)18/h5-6,10,14-15H,3-4,7-9H2,1-2H3. The van der Waals surface area contributed by atoms with E-state index in [1.807, 2.05) is 6.92 Å². The largest absolute Gasteiger partial charge is 0.494 e. The summed E-state index contributed by atoms with van der Waals surface area (Å²) in [5.74, 6) is 0.400. The number of rotatable bonds is 7. The van der Waals surface area contributed by atoms with E-state index in [0.29, 0.717) is 43.1 Å². The van der Waals surface area contributed by atoms with Gasteiger partial charge in [0.2, 0.25) is 10.0 Å². The van der Waals surface area contributed by atoms with E-state index >= 15 is 0 Å². The lowest BCUT2D eigenvalue weighted by Gasteiger charge is -2.20. The first-order chi connectivity index (χ1) is 10.8. The van der Waals surface area contributed by atoms with Gasteiger partial charge >= 0.3 is 0 Å². The monoisotopic (exact) mass is 363 g/mol. The highest BCUT2D eigenvalue weighted by molar-refractivity contribution is 7.93. The Hall–Kier alpha value is -1.52. The van der Waals surface area contributed by atoms with E-state index < -0.39 is 20.2 Å². The highest BCUT2D eigenvalue weighted by Gasteiger charge is 2.30. The van der Waals surface area contributed by atoms with E-state index in [9.17, 15) is 16.8 Å². The molecule has 0 aromatic heterocycles. The van der Waals surface area contributed by atoms with Crippen molar-refractivity contribution >= 4 is 31.6 Å². The van der Waals surface area contributed by atoms with E-state index in [1.54, 1.807) is 6.07 Å². The maximum Gasteiger partial charge on any atom is 0.299 e. The Morgan fingerprint density at radius 2 is 2.09 bits per heavy atom. The zero-order chi connectivity index (χ0) is 17.1. The fourth-order valence-electron chi connectivity index (χ4n) is 2.28. The van der Waals surface area contributed by atoms with Gasteiger partial charge in [-0.15, -0.1) is 0 Å². The Bertz CT molecular complexity index is 762. The van der Waals surface area contributed by atoms with Crippen LogP contribution < -0.4 is 18.5 Å². The van der Waals surface area contributed by atoms with Crippen LogP contribution in [-0.4, -0.2) is 42.8 Å². The topological polar surface area (TPSA) is 105 Å². The molecule has 0 spiro atoms. The van der Waals surface area contributed by atoms with E-state index in [1.165, 1.54) is 23.5 Å². The van der Waals surface area contributed by atoms with Gasteiger partial charge in [0, 0.05) is 19.2 Å². The van der Waals surface area contributed by atoms with E-state index in [0.717, 1.165) is 0 Å². The minimum Gasteiger partial charge on any atom is -0.494 e. The van der Waals surface area contributed by atoms with Gasteiger partial charge in [0.1, 0.15) is 5.75 Å². The van der Waals surface area contributed by atoms with Crippen molar-refractivity contribution in [2.75, 3.05) is 35.0 Å². The quantitative estimate of drug-likeness (QED) is 0.749. The molecule has 2 rings (SSSR count). The molecule has 2 N–H and O–H groups in total. The summed E-state index contributed by atoms with van der Waals surface area (Å²) in [6, 6.07) is 4.52. The minimum absolute atomic E-state index is 0.103. The maximum absolute atomic E-state index is 12.0. The molecular weight excluding hydrogens is 342 g/mol. The van der Waals surface area contributed by atoms with Crippen molar-refractivity contribution in [1.82, 2.24) is 4.72 Å². The summed E-state index contributed by atoms with van der Waals surface area (Å²) >= 11 is 0. The SMILES string of the molecule is CCCNS(=O)(=O)Nc1ccc(N2CCCS2(=O)=O)c(OC)c1. The number of ether oxygens (including phenoxy) is 1. The number of nitrogens with one attached hydrogen (secondary N) is 2. The molecule has 1 fully saturated rings. The molecule has 130 valence electrons. The number of nitrogens with zero attached hydrogens (tertiary/aromatic N) is 1. The van der Waals surface area contributed by atoms with Crippen LogP contribution in [0.25, 0.3) is 0 Å². The molecule has 0 amide bonds. The third-order valence-corrected chi connectivity index (χ3v) is 6.29. The minimum atomic E-state index is -3.66. The molecule has 0 atom stereocenters. The molecule has 0 aliphatic carbocycles. The fraction of sp³-hybridized carbons (Fsp3) is 0.538. The number of anilines is 2. The summed E-state index contributed by atoms with van der Waals surface area (Å²) in [7, 11) is -5.58. The Kier molecular flexibility index (Phi) is 5.37. The third kappa shape index (κ3) is 4.27. The number of sulfonamides is 1. The molecule has 1 aromatic carbocycles. The van der Waals surface area contributed by atoms with Crippen LogP contribution in [0.3, 0.4) is 0 Å². The van der Waals surface area contributed by atoms with E-state index in [2.05, 4.69) is 9.44 Å². The summed E-state index contributed by atoms with van der Waals surface area (Å²) in [6.07, 6.45) is 1.23. The molecule has 0 radical (unpaired) electrons. The van der Waals surface area contributed by atoms with Crippen LogP contribution in [0.2, 0.25) is 0 Å². The van der Waals surface area contributed by atoms with Gasteiger partial charge in [-0.05, 0) is 25.0 Å². The van der Waals surface area contributed by atoms with Gasteiger partial charge in [-0.2, -0.15) is 13.1 Å². The van der Waals surface area contributed by atoms with Crippen LogP contribution in [0, 0.1) is 0 Å². The van der Waals surface area contributed by atoms with Crippen molar-refractivity contribution in [2.24, 2.45) is 0 Å². The molecule has 0 bridgehead atoms. The van der Waals surface area contributed by atoms with E-state index in [-0.39, 0.29) is 5.75 Å². The van der Waals surface area contributed by atoms with Gasteiger partial charge < -0.3 is 4.74 Å². The zero-order valence-corrected chi connectivity index (χ0v) is 14.7. The molecule has 1 aliphatic heterocycles. The number of benzene rings is 1. The first kappa shape index (κ1) is 17.8. The summed E-state index contributed by atoms with van der Waals surface area (Å²) in [5.41, 5.74) is 0.709.